The lowest BCUT2D eigenvalue weighted by Gasteiger charge is -2.27. The van der Waals surface area contributed by atoms with Crippen LogP contribution in [-0.4, -0.2) is 78.2 Å². The molecule has 0 radical (unpaired) electrons. The fourth-order valence-corrected chi connectivity index (χ4v) is 5.94. The number of fused-ring (bicyclic) bond motifs is 1. The number of benzene rings is 1. The number of carbonyl (C=O) groups is 2. The Kier molecular flexibility index (Phi) is 6.54. The van der Waals surface area contributed by atoms with Crippen molar-refractivity contribution in [1.82, 2.24) is 35.1 Å². The van der Waals surface area contributed by atoms with Gasteiger partial charge in [0, 0.05) is 24.5 Å². The molecular formula is C25H29N7O6. The summed E-state index contributed by atoms with van der Waals surface area (Å²) in [4.78, 5) is 28.4. The average Bonchev–Trinajstić information content (AvgIpc) is 3.71. The van der Waals surface area contributed by atoms with E-state index >= 15 is 0 Å². The fourth-order valence-electron chi connectivity index (χ4n) is 5.94. The van der Waals surface area contributed by atoms with Crippen molar-refractivity contribution in [1.29, 1.82) is 0 Å². The minimum absolute atomic E-state index is 0.0145. The second-order valence-electron chi connectivity index (χ2n) is 10.3. The van der Waals surface area contributed by atoms with E-state index in [4.69, 9.17) is 14.2 Å². The van der Waals surface area contributed by atoms with Crippen molar-refractivity contribution in [2.75, 3.05) is 13.2 Å². The molecule has 0 spiro atoms. The van der Waals surface area contributed by atoms with Gasteiger partial charge in [-0.25, -0.2) is 4.98 Å². The van der Waals surface area contributed by atoms with E-state index < -0.39 is 11.4 Å². The van der Waals surface area contributed by atoms with Gasteiger partial charge in [0.1, 0.15) is 24.0 Å². The van der Waals surface area contributed by atoms with Crippen LogP contribution in [0.5, 0.6) is 11.8 Å². The van der Waals surface area contributed by atoms with Crippen LogP contribution < -0.4 is 10.1 Å². The highest BCUT2D eigenvalue weighted by Gasteiger charge is 2.50. The molecule has 38 heavy (non-hydrogen) atoms. The zero-order valence-electron chi connectivity index (χ0n) is 20.7. The van der Waals surface area contributed by atoms with Gasteiger partial charge >= 0.3 is 12.0 Å². The molecule has 13 nitrogen and oxygen atoms in total. The van der Waals surface area contributed by atoms with E-state index in [-0.39, 0.29) is 55.7 Å². The van der Waals surface area contributed by atoms with Crippen LogP contribution in [-0.2, 0) is 19.1 Å². The van der Waals surface area contributed by atoms with Crippen molar-refractivity contribution in [3.05, 3.63) is 43.0 Å². The summed E-state index contributed by atoms with van der Waals surface area (Å²) >= 11 is 0. The zero-order chi connectivity index (χ0) is 26.1. The summed E-state index contributed by atoms with van der Waals surface area (Å²) in [6.07, 6.45) is 8.18. The Morgan fingerprint density at radius 1 is 1.11 bits per heavy atom. The molecule has 4 atom stereocenters. The molecule has 1 saturated carbocycles. The maximum Gasteiger partial charge on any atom is 0.341 e. The highest BCUT2D eigenvalue weighted by atomic mass is 16.6. The molecule has 1 aliphatic carbocycles. The van der Waals surface area contributed by atoms with Crippen LogP contribution in [0.15, 0.2) is 43.0 Å². The van der Waals surface area contributed by atoms with E-state index in [1.54, 1.807) is 17.2 Å². The Morgan fingerprint density at radius 3 is 2.63 bits per heavy atom. The number of rotatable bonds is 9. The Hall–Kier alpha value is -3.84. The molecule has 2 aliphatic heterocycles. The van der Waals surface area contributed by atoms with E-state index in [2.05, 4.69) is 25.8 Å². The number of tetrazole rings is 1. The van der Waals surface area contributed by atoms with E-state index in [1.165, 1.54) is 0 Å². The Bertz CT molecular complexity index is 1270. The van der Waals surface area contributed by atoms with Crippen LogP contribution in [0.3, 0.4) is 0 Å². The second-order valence-corrected chi connectivity index (χ2v) is 10.3. The highest BCUT2D eigenvalue weighted by molar-refractivity contribution is 5.78. The molecule has 2 aromatic heterocycles. The van der Waals surface area contributed by atoms with E-state index in [9.17, 15) is 14.7 Å². The molecule has 13 heteroatoms. The maximum atomic E-state index is 12.9. The Labute approximate surface area is 218 Å². The van der Waals surface area contributed by atoms with Gasteiger partial charge in [0.25, 0.3) is 0 Å². The quantitative estimate of drug-likeness (QED) is 0.425. The van der Waals surface area contributed by atoms with Gasteiger partial charge in [0.2, 0.25) is 5.91 Å². The van der Waals surface area contributed by atoms with Crippen molar-refractivity contribution >= 4 is 11.9 Å². The Morgan fingerprint density at radius 2 is 1.89 bits per heavy atom. The van der Waals surface area contributed by atoms with Gasteiger partial charge in [-0.3, -0.25) is 9.59 Å². The summed E-state index contributed by atoms with van der Waals surface area (Å²) in [6.45, 7) is 0.586. The lowest BCUT2D eigenvalue weighted by atomic mass is 9.79. The van der Waals surface area contributed by atoms with Crippen molar-refractivity contribution in [3.63, 3.8) is 0 Å². The SMILES string of the molecule is O=C(O)CC1(CC(=O)N[C@H]2CO[C@H]3[C@@H]2OC[C@@H]3n2nnnc2Oc2ccc(-n3ccnc3)cc2)CCCC1. The molecule has 200 valence electrons. The van der Waals surface area contributed by atoms with Crippen LogP contribution in [0.1, 0.15) is 44.6 Å². The number of nitrogens with zero attached hydrogens (tertiary/aromatic N) is 6. The number of carboxylic acid groups (broad SMARTS) is 1. The first kappa shape index (κ1) is 24.5. The summed E-state index contributed by atoms with van der Waals surface area (Å²) in [7, 11) is 0. The summed E-state index contributed by atoms with van der Waals surface area (Å²) in [5.41, 5.74) is 0.472. The molecule has 3 aliphatic rings. The predicted octanol–water partition coefficient (Wildman–Crippen LogP) is 1.90. The third kappa shape index (κ3) is 4.86. The number of hydrogen-bond donors (Lipinski definition) is 2. The van der Waals surface area contributed by atoms with Gasteiger partial charge in [0.15, 0.2) is 0 Å². The standard InChI is InChI=1S/C25H29N7O6/c33-20(11-25(12-21(34)35)7-1-2-8-25)27-18-13-36-23-19(14-37-22(18)23)32-24(28-29-30-32)38-17-5-3-16(4-6-17)31-10-9-26-15-31/h3-6,9-10,15,18-19,22-23H,1-2,7-8,11-14H2,(H,27,33)(H,34,35)/t18-,19-,22+,23+/m0/s1. The molecule has 0 unspecified atom stereocenters. The number of hydrogen-bond acceptors (Lipinski definition) is 9. The fraction of sp³-hybridized carbons (Fsp3) is 0.520. The normalized spacial score (nSPS) is 25.8. The first-order valence-electron chi connectivity index (χ1n) is 12.8. The largest absolute Gasteiger partial charge is 0.481 e. The van der Waals surface area contributed by atoms with E-state index in [1.807, 2.05) is 35.0 Å². The number of aliphatic carboxylic acids is 1. The van der Waals surface area contributed by atoms with E-state index in [0.717, 1.165) is 31.4 Å². The maximum absolute atomic E-state index is 12.9. The number of ether oxygens (including phenoxy) is 3. The van der Waals surface area contributed by atoms with Gasteiger partial charge in [-0.2, -0.15) is 4.68 Å². The van der Waals surface area contributed by atoms with Crippen LogP contribution in [0.25, 0.3) is 5.69 Å². The van der Waals surface area contributed by atoms with Crippen LogP contribution >= 0.6 is 0 Å². The van der Waals surface area contributed by atoms with Crippen LogP contribution in [0.4, 0.5) is 0 Å². The van der Waals surface area contributed by atoms with Gasteiger partial charge in [-0.05, 0) is 52.9 Å². The first-order chi connectivity index (χ1) is 18.5. The van der Waals surface area contributed by atoms with E-state index in [0.29, 0.717) is 12.4 Å². The molecule has 4 heterocycles. The third-order valence-electron chi connectivity index (χ3n) is 7.72. The van der Waals surface area contributed by atoms with Crippen molar-refractivity contribution < 1.29 is 28.9 Å². The molecule has 2 saturated heterocycles. The number of carboxylic acids is 1. The molecule has 1 amide bonds. The second kappa shape index (κ2) is 10.1. The van der Waals surface area contributed by atoms with Gasteiger partial charge < -0.3 is 29.2 Å². The molecule has 1 aromatic carbocycles. The molecule has 6 rings (SSSR count). The molecule has 3 aromatic rings. The zero-order valence-corrected chi connectivity index (χ0v) is 20.7. The van der Waals surface area contributed by atoms with Crippen LogP contribution in [0, 0.1) is 5.41 Å². The number of imidazole rings is 1. The topological polar surface area (TPSA) is 156 Å². The molecule has 0 bridgehead atoms. The van der Waals surface area contributed by atoms with Gasteiger partial charge in [-0.1, -0.05) is 17.9 Å². The molecule has 3 fully saturated rings. The number of amides is 1. The summed E-state index contributed by atoms with van der Waals surface area (Å²) in [5.74, 6) is -0.459. The average molecular weight is 524 g/mol. The first-order valence-corrected chi connectivity index (χ1v) is 12.8. The Balaban J connectivity index is 1.09. The predicted molar refractivity (Wildman–Crippen MR) is 130 cm³/mol. The van der Waals surface area contributed by atoms with Gasteiger partial charge in [0.05, 0.1) is 32.0 Å². The summed E-state index contributed by atoms with van der Waals surface area (Å²) in [6, 6.07) is 6.99. The highest BCUT2D eigenvalue weighted by Crippen LogP contribution is 2.44. The van der Waals surface area contributed by atoms with Crippen molar-refractivity contribution in [3.8, 4) is 17.4 Å². The third-order valence-corrected chi connectivity index (χ3v) is 7.72. The molecule has 2 N–H and O–H groups in total. The molecular weight excluding hydrogens is 494 g/mol. The monoisotopic (exact) mass is 523 g/mol. The van der Waals surface area contributed by atoms with Gasteiger partial charge in [-0.15, -0.1) is 0 Å². The van der Waals surface area contributed by atoms with Crippen molar-refractivity contribution in [2.45, 2.75) is 62.8 Å². The lowest BCUT2D eigenvalue weighted by Crippen LogP contribution is -2.45. The summed E-state index contributed by atoms with van der Waals surface area (Å²) < 4.78 is 21.5. The number of aromatic nitrogens is 6. The number of nitrogens with one attached hydrogen (secondary N) is 1. The minimum Gasteiger partial charge on any atom is -0.481 e. The van der Waals surface area contributed by atoms with Crippen molar-refractivity contribution in [2.24, 2.45) is 5.41 Å². The smallest absolute Gasteiger partial charge is 0.341 e. The number of carbonyl (C=O) groups excluding carboxylic acids is 1. The lowest BCUT2D eigenvalue weighted by molar-refractivity contribution is -0.140. The van der Waals surface area contributed by atoms with Crippen LogP contribution in [0.2, 0.25) is 0 Å². The minimum atomic E-state index is -0.862. The summed E-state index contributed by atoms with van der Waals surface area (Å²) in [5, 5.41) is 24.3.